The molecule has 0 saturated heterocycles. The number of fused-ring (bicyclic) bond motifs is 2. The van der Waals surface area contributed by atoms with Crippen LogP contribution >= 0.6 is 0 Å². The molecule has 0 amide bonds. The van der Waals surface area contributed by atoms with Gasteiger partial charge < -0.3 is 8.74 Å². The first-order valence-corrected chi connectivity index (χ1v) is 20.1. The smallest absolute Gasteiger partial charge is 0.339 e. The Morgan fingerprint density at radius 3 is 1.33 bits per heavy atom. The summed E-state index contributed by atoms with van der Waals surface area (Å²) >= 11 is 0. The van der Waals surface area contributed by atoms with Gasteiger partial charge in [0, 0.05) is 21.5 Å². The first-order chi connectivity index (χ1) is 22.2. The maximum Gasteiger partial charge on any atom is 0.339 e. The molecular weight excluding hydrogens is 617 g/mol. The lowest BCUT2D eigenvalue weighted by molar-refractivity contribution is 0.414. The van der Waals surface area contributed by atoms with Crippen molar-refractivity contribution >= 4 is 41.8 Å². The fraction of sp³-hybridized carbons (Fsp3) is 0.474. The molecule has 0 bridgehead atoms. The highest BCUT2D eigenvalue weighted by Crippen LogP contribution is 2.48. The second-order valence-electron chi connectivity index (χ2n) is 13.8. The van der Waals surface area contributed by atoms with Gasteiger partial charge in [-0.15, -0.1) is 0 Å². The second-order valence-corrected chi connectivity index (χ2v) is 16.6. The van der Waals surface area contributed by atoms with Gasteiger partial charge >= 0.3 is 10.1 Å². The molecule has 4 aromatic rings. The van der Waals surface area contributed by atoms with Gasteiger partial charge in [-0.2, -0.15) is 8.42 Å². The second kappa shape index (κ2) is 12.9. The predicted molar refractivity (Wildman–Crippen MR) is 181 cm³/mol. The fourth-order valence-electron chi connectivity index (χ4n) is 8.65. The predicted octanol–water partition coefficient (Wildman–Crippen LogP) is 9.81. The topological polar surface area (TPSA) is 101 Å². The Hall–Kier alpha value is -2.94. The lowest BCUT2D eigenvalue weighted by atomic mass is 9.76. The first kappa shape index (κ1) is 31.6. The van der Waals surface area contributed by atoms with Crippen molar-refractivity contribution in [3.05, 3.63) is 77.4 Å². The van der Waals surface area contributed by atoms with Gasteiger partial charge in [0.2, 0.25) is 0 Å². The molecule has 0 aliphatic heterocycles. The number of rotatable bonds is 7. The van der Waals surface area contributed by atoms with Crippen molar-refractivity contribution in [2.45, 2.75) is 124 Å². The minimum absolute atomic E-state index is 0.0687. The molecule has 0 N–H and O–H groups in total. The average Bonchev–Trinajstić information content (AvgIpc) is 3.08. The van der Waals surface area contributed by atoms with Crippen LogP contribution in [0.3, 0.4) is 0 Å². The van der Waals surface area contributed by atoms with E-state index in [1.165, 1.54) is 37.7 Å². The molecule has 3 aliphatic rings. The third-order valence-corrected chi connectivity index (χ3v) is 13.2. The van der Waals surface area contributed by atoms with Crippen molar-refractivity contribution < 1.29 is 25.6 Å². The Morgan fingerprint density at radius 2 is 0.913 bits per heavy atom. The Bertz CT molecular complexity index is 1870. The van der Waals surface area contributed by atoms with Gasteiger partial charge in [-0.1, -0.05) is 118 Å². The van der Waals surface area contributed by atoms with Crippen LogP contribution in [0.1, 0.15) is 131 Å². The third kappa shape index (κ3) is 6.09. The van der Waals surface area contributed by atoms with Crippen LogP contribution in [0.25, 0.3) is 21.5 Å². The van der Waals surface area contributed by atoms with Crippen LogP contribution in [0.4, 0.5) is 0 Å². The van der Waals surface area contributed by atoms with E-state index < -0.39 is 20.2 Å². The fourth-order valence-corrected chi connectivity index (χ4v) is 11.1. The van der Waals surface area contributed by atoms with Crippen LogP contribution in [0.5, 0.6) is 5.75 Å². The summed E-state index contributed by atoms with van der Waals surface area (Å²) in [5.41, 5.74) is 3.12. The largest absolute Gasteiger partial charge is 0.744 e. The molecule has 46 heavy (non-hydrogen) atoms. The Labute approximate surface area is 273 Å². The number of hydrogen-bond donors (Lipinski definition) is 0. The average molecular weight is 660 g/mol. The van der Waals surface area contributed by atoms with Crippen LogP contribution in [-0.4, -0.2) is 21.4 Å². The standard InChI is InChI=1S/C38H44O6S2/c39-45(40,41)37-32-22-12-10-20-30(32)36(31-21-11-13-23-33(31)37)44-46(42,43)38-34(27-16-6-2-7-17-27)24-29(26-14-4-1-5-15-26)25-35(38)28-18-8-3-9-19-28/h10-13,20-28H,1-9,14-19H2,(H,39,40,41)/p-1. The summed E-state index contributed by atoms with van der Waals surface area (Å²) in [5.74, 6) is 0.814. The Kier molecular flexibility index (Phi) is 8.89. The lowest BCUT2D eigenvalue weighted by Crippen LogP contribution is -2.21. The summed E-state index contributed by atoms with van der Waals surface area (Å²) < 4.78 is 74.0. The van der Waals surface area contributed by atoms with Gasteiger partial charge in [0.15, 0.2) is 5.75 Å². The molecule has 0 heterocycles. The Morgan fingerprint density at radius 1 is 0.522 bits per heavy atom. The lowest BCUT2D eigenvalue weighted by Gasteiger charge is -2.32. The molecule has 0 unspecified atom stereocenters. The van der Waals surface area contributed by atoms with E-state index in [1.807, 2.05) is 0 Å². The third-order valence-electron chi connectivity index (χ3n) is 10.9. The van der Waals surface area contributed by atoms with Crippen molar-refractivity contribution in [1.82, 2.24) is 0 Å². The van der Waals surface area contributed by atoms with E-state index in [1.54, 1.807) is 48.5 Å². The summed E-state index contributed by atoms with van der Waals surface area (Å²) in [6.45, 7) is 0. The molecule has 0 atom stereocenters. The molecule has 0 radical (unpaired) electrons. The summed E-state index contributed by atoms with van der Waals surface area (Å²) in [7, 11) is -9.26. The zero-order valence-corrected chi connectivity index (χ0v) is 28.0. The molecular formula is C38H43O6S2-. The van der Waals surface area contributed by atoms with E-state index in [0.29, 0.717) is 10.8 Å². The summed E-state index contributed by atoms with van der Waals surface area (Å²) in [4.78, 5) is -0.0226. The molecule has 244 valence electrons. The summed E-state index contributed by atoms with van der Waals surface area (Å²) in [6, 6.07) is 17.5. The minimum Gasteiger partial charge on any atom is -0.744 e. The maximum atomic E-state index is 15.0. The maximum absolute atomic E-state index is 15.0. The van der Waals surface area contributed by atoms with E-state index in [4.69, 9.17) is 4.18 Å². The van der Waals surface area contributed by atoms with Crippen LogP contribution in [-0.2, 0) is 20.2 Å². The van der Waals surface area contributed by atoms with E-state index in [9.17, 15) is 21.4 Å². The van der Waals surface area contributed by atoms with E-state index in [0.717, 1.165) is 75.3 Å². The highest BCUT2D eigenvalue weighted by atomic mass is 32.2. The summed E-state index contributed by atoms with van der Waals surface area (Å²) in [6.07, 6.45) is 16.5. The zero-order valence-electron chi connectivity index (χ0n) is 26.4. The van der Waals surface area contributed by atoms with E-state index >= 15 is 0 Å². The van der Waals surface area contributed by atoms with E-state index in [-0.39, 0.29) is 44.0 Å². The quantitative estimate of drug-likeness (QED) is 0.111. The molecule has 8 heteroatoms. The van der Waals surface area contributed by atoms with Crippen LogP contribution < -0.4 is 4.18 Å². The molecule has 7 rings (SSSR count). The van der Waals surface area contributed by atoms with Gasteiger partial charge in [0.25, 0.3) is 0 Å². The molecule has 4 aromatic carbocycles. The minimum atomic E-state index is -4.88. The van der Waals surface area contributed by atoms with Crippen molar-refractivity contribution in [2.75, 3.05) is 0 Å². The van der Waals surface area contributed by atoms with Crippen LogP contribution in [0.15, 0.2) is 70.5 Å². The number of benzene rings is 4. The molecule has 3 saturated carbocycles. The van der Waals surface area contributed by atoms with Gasteiger partial charge in [-0.3, -0.25) is 0 Å². The zero-order chi connectivity index (χ0) is 31.9. The monoisotopic (exact) mass is 659 g/mol. The molecule has 6 nitrogen and oxygen atoms in total. The van der Waals surface area contributed by atoms with Crippen LogP contribution in [0, 0.1) is 0 Å². The molecule has 3 fully saturated rings. The highest BCUT2D eigenvalue weighted by Gasteiger charge is 2.35. The first-order valence-electron chi connectivity index (χ1n) is 17.2. The van der Waals surface area contributed by atoms with E-state index in [2.05, 4.69) is 12.1 Å². The molecule has 0 aromatic heterocycles. The van der Waals surface area contributed by atoms with Crippen molar-refractivity contribution in [1.29, 1.82) is 0 Å². The highest BCUT2D eigenvalue weighted by molar-refractivity contribution is 7.87. The number of hydrogen-bond acceptors (Lipinski definition) is 6. The normalized spacial score (nSPS) is 19.5. The van der Waals surface area contributed by atoms with Gasteiger partial charge in [-0.25, -0.2) is 8.42 Å². The molecule has 3 aliphatic carbocycles. The Balaban J connectivity index is 1.46. The van der Waals surface area contributed by atoms with Crippen molar-refractivity contribution in [3.63, 3.8) is 0 Å². The van der Waals surface area contributed by atoms with Crippen molar-refractivity contribution in [3.8, 4) is 5.75 Å². The van der Waals surface area contributed by atoms with Gasteiger partial charge in [0.1, 0.15) is 15.0 Å². The summed E-state index contributed by atoms with van der Waals surface area (Å²) in [5, 5.41) is 0.899. The van der Waals surface area contributed by atoms with Gasteiger partial charge in [0.05, 0.1) is 4.90 Å². The molecule has 0 spiro atoms. The van der Waals surface area contributed by atoms with Crippen LogP contribution in [0.2, 0.25) is 0 Å². The van der Waals surface area contributed by atoms with Crippen molar-refractivity contribution in [2.24, 2.45) is 0 Å². The SMILES string of the molecule is O=S(=O)([O-])c1c2ccccc2c(OS(=O)(=O)c2c(C3CCCCC3)cc(C3CCCCC3)cc2C2CCCCC2)c2ccccc12. The van der Waals surface area contributed by atoms with Gasteiger partial charge in [-0.05, 0) is 73.0 Å².